The van der Waals surface area contributed by atoms with E-state index in [1.807, 2.05) is 32.9 Å². The molecule has 0 aliphatic carbocycles. The topological polar surface area (TPSA) is 26.3 Å². The lowest BCUT2D eigenvalue weighted by Gasteiger charge is -2.26. The summed E-state index contributed by atoms with van der Waals surface area (Å²) >= 11 is 0. The highest BCUT2D eigenvalue weighted by Gasteiger charge is 2.24. The molecule has 118 valence electrons. The first-order valence-electron chi connectivity index (χ1n) is 7.59. The summed E-state index contributed by atoms with van der Waals surface area (Å²) in [5, 5.41) is 0. The fourth-order valence-corrected chi connectivity index (χ4v) is 1.95. The Kier molecular flexibility index (Phi) is 4.62. The van der Waals surface area contributed by atoms with E-state index >= 15 is 0 Å². The van der Waals surface area contributed by atoms with Crippen molar-refractivity contribution in [1.29, 1.82) is 0 Å². The van der Waals surface area contributed by atoms with E-state index in [0.717, 1.165) is 11.1 Å². The van der Waals surface area contributed by atoms with Crippen LogP contribution in [0, 0.1) is 0 Å². The number of carbonyl (C=O) groups is 1. The molecule has 0 N–H and O–H groups in total. The number of ether oxygens (including phenoxy) is 1. The van der Waals surface area contributed by atoms with Crippen LogP contribution < -0.4 is 0 Å². The van der Waals surface area contributed by atoms with E-state index in [0.29, 0.717) is 5.56 Å². The average Bonchev–Trinajstić information content (AvgIpc) is 2.23. The normalized spacial score (nSPS) is 13.2. The molecule has 1 aromatic carbocycles. The highest BCUT2D eigenvalue weighted by molar-refractivity contribution is 5.90. The van der Waals surface area contributed by atoms with Crippen LogP contribution in [-0.2, 0) is 15.6 Å². The molecule has 0 heterocycles. The molecule has 21 heavy (non-hydrogen) atoms. The number of hydrogen-bond donors (Lipinski definition) is 0. The molecule has 2 nitrogen and oxygen atoms in total. The van der Waals surface area contributed by atoms with Crippen molar-refractivity contribution in [2.24, 2.45) is 0 Å². The van der Waals surface area contributed by atoms with Crippen molar-refractivity contribution in [3.8, 4) is 0 Å². The summed E-state index contributed by atoms with van der Waals surface area (Å²) in [5.41, 5.74) is 2.49. The van der Waals surface area contributed by atoms with Crippen molar-refractivity contribution in [3.05, 3.63) is 34.9 Å². The van der Waals surface area contributed by atoms with Gasteiger partial charge in [-0.25, -0.2) is 4.79 Å². The van der Waals surface area contributed by atoms with Gasteiger partial charge in [0.15, 0.2) is 0 Å². The van der Waals surface area contributed by atoms with Crippen LogP contribution in [0.2, 0.25) is 0 Å². The van der Waals surface area contributed by atoms with E-state index in [1.165, 1.54) is 0 Å². The molecule has 2 heteroatoms. The molecule has 0 bridgehead atoms. The van der Waals surface area contributed by atoms with Crippen LogP contribution in [0.5, 0.6) is 0 Å². The summed E-state index contributed by atoms with van der Waals surface area (Å²) in [7, 11) is 0. The molecular formula is C19H30O2. The Bertz CT molecular complexity index is 488. The van der Waals surface area contributed by atoms with Crippen molar-refractivity contribution in [2.75, 3.05) is 0 Å². The number of esters is 1. The molecule has 0 fully saturated rings. The number of rotatable bonds is 1. The molecule has 0 aliphatic heterocycles. The van der Waals surface area contributed by atoms with Gasteiger partial charge in [-0.15, -0.1) is 0 Å². The third-order valence-electron chi connectivity index (χ3n) is 3.30. The highest BCUT2D eigenvalue weighted by atomic mass is 16.6. The van der Waals surface area contributed by atoms with Gasteiger partial charge in [0.05, 0.1) is 5.56 Å². The second-order valence-electron chi connectivity index (χ2n) is 8.80. The van der Waals surface area contributed by atoms with Crippen molar-refractivity contribution < 1.29 is 9.53 Å². The van der Waals surface area contributed by atoms with Crippen molar-refractivity contribution in [1.82, 2.24) is 0 Å². The Morgan fingerprint density at radius 3 is 1.43 bits per heavy atom. The fraction of sp³-hybridized carbons (Fsp3) is 0.632. The quantitative estimate of drug-likeness (QED) is 0.661. The maximum atomic E-state index is 12.4. The van der Waals surface area contributed by atoms with Crippen LogP contribution in [0.3, 0.4) is 0 Å². The summed E-state index contributed by atoms with van der Waals surface area (Å²) in [6, 6.07) is 6.13. The summed E-state index contributed by atoms with van der Waals surface area (Å²) in [4.78, 5) is 12.4. The minimum atomic E-state index is -0.475. The number of carbonyl (C=O) groups excluding carboxylic acids is 1. The first-order valence-corrected chi connectivity index (χ1v) is 7.59. The molecule has 0 atom stereocenters. The Morgan fingerprint density at radius 1 is 0.762 bits per heavy atom. The zero-order valence-electron chi connectivity index (χ0n) is 15.0. The Morgan fingerprint density at radius 2 is 1.14 bits per heavy atom. The summed E-state index contributed by atoms with van der Waals surface area (Å²) in [5.74, 6) is -0.251. The smallest absolute Gasteiger partial charge is 0.338 e. The molecule has 1 aromatic rings. The summed E-state index contributed by atoms with van der Waals surface area (Å²) < 4.78 is 5.52. The molecule has 0 unspecified atom stereocenters. The van der Waals surface area contributed by atoms with Gasteiger partial charge in [0.25, 0.3) is 0 Å². The average molecular weight is 290 g/mol. The van der Waals surface area contributed by atoms with Crippen LogP contribution >= 0.6 is 0 Å². The maximum Gasteiger partial charge on any atom is 0.338 e. The minimum absolute atomic E-state index is 0.00196. The van der Waals surface area contributed by atoms with Gasteiger partial charge in [0.2, 0.25) is 0 Å². The fourth-order valence-electron chi connectivity index (χ4n) is 1.95. The first-order chi connectivity index (χ1) is 9.20. The van der Waals surface area contributed by atoms with E-state index in [1.54, 1.807) is 0 Å². The van der Waals surface area contributed by atoms with Crippen LogP contribution in [0.15, 0.2) is 18.2 Å². The second kappa shape index (κ2) is 5.47. The van der Waals surface area contributed by atoms with Crippen molar-refractivity contribution in [3.63, 3.8) is 0 Å². The van der Waals surface area contributed by atoms with Crippen LogP contribution in [0.4, 0.5) is 0 Å². The van der Waals surface area contributed by atoms with Gasteiger partial charge in [0, 0.05) is 0 Å². The monoisotopic (exact) mass is 290 g/mol. The highest BCUT2D eigenvalue weighted by Crippen LogP contribution is 2.30. The van der Waals surface area contributed by atoms with E-state index in [2.05, 4.69) is 47.6 Å². The third-order valence-corrected chi connectivity index (χ3v) is 3.30. The van der Waals surface area contributed by atoms with Gasteiger partial charge in [-0.2, -0.15) is 0 Å². The number of benzene rings is 1. The zero-order valence-corrected chi connectivity index (χ0v) is 15.0. The SMILES string of the molecule is CC(C)(C)OC(=O)c1cc(C(C)(C)C)cc(C(C)(C)C)c1. The van der Waals surface area contributed by atoms with Crippen LogP contribution in [-0.4, -0.2) is 11.6 Å². The van der Waals surface area contributed by atoms with Gasteiger partial charge < -0.3 is 4.74 Å². The van der Waals surface area contributed by atoms with E-state index < -0.39 is 5.60 Å². The number of hydrogen-bond acceptors (Lipinski definition) is 2. The van der Waals surface area contributed by atoms with Gasteiger partial charge >= 0.3 is 5.97 Å². The lowest BCUT2D eigenvalue weighted by molar-refractivity contribution is 0.00692. The zero-order chi connectivity index (χ0) is 16.6. The molecule has 1 rings (SSSR count). The van der Waals surface area contributed by atoms with Gasteiger partial charge in [-0.1, -0.05) is 47.6 Å². The standard InChI is InChI=1S/C19H30O2/c1-17(2,3)14-10-13(16(20)21-19(7,8)9)11-15(12-14)18(4,5)6/h10-12H,1-9H3. The lowest BCUT2D eigenvalue weighted by atomic mass is 9.79. The van der Waals surface area contributed by atoms with E-state index in [9.17, 15) is 4.79 Å². The van der Waals surface area contributed by atoms with E-state index in [4.69, 9.17) is 4.74 Å². The molecule has 0 spiro atoms. The molecule has 0 aliphatic rings. The summed E-state index contributed by atoms with van der Waals surface area (Å²) in [6.45, 7) is 18.6. The van der Waals surface area contributed by atoms with Crippen molar-refractivity contribution >= 4 is 5.97 Å². The van der Waals surface area contributed by atoms with Gasteiger partial charge in [0.1, 0.15) is 5.60 Å². The van der Waals surface area contributed by atoms with Gasteiger partial charge in [-0.05, 0) is 54.9 Å². The van der Waals surface area contributed by atoms with Crippen molar-refractivity contribution in [2.45, 2.75) is 78.7 Å². The third kappa shape index (κ3) is 5.18. The largest absolute Gasteiger partial charge is 0.456 e. The van der Waals surface area contributed by atoms with Gasteiger partial charge in [-0.3, -0.25) is 0 Å². The second-order valence-corrected chi connectivity index (χ2v) is 8.80. The molecule has 0 saturated heterocycles. The predicted octanol–water partition coefficient (Wildman–Crippen LogP) is 5.24. The first kappa shape index (κ1) is 17.7. The molecule has 0 amide bonds. The molecular weight excluding hydrogens is 260 g/mol. The van der Waals surface area contributed by atoms with E-state index in [-0.39, 0.29) is 16.8 Å². The lowest BCUT2D eigenvalue weighted by Crippen LogP contribution is -2.25. The molecule has 0 radical (unpaired) electrons. The maximum absolute atomic E-state index is 12.4. The molecule has 0 saturated carbocycles. The minimum Gasteiger partial charge on any atom is -0.456 e. The Labute approximate surface area is 129 Å². The Hall–Kier alpha value is -1.31. The van der Waals surface area contributed by atoms with Crippen LogP contribution in [0.25, 0.3) is 0 Å². The summed E-state index contributed by atoms with van der Waals surface area (Å²) in [6.07, 6.45) is 0. The van der Waals surface area contributed by atoms with Crippen LogP contribution in [0.1, 0.15) is 83.8 Å². The predicted molar refractivity (Wildman–Crippen MR) is 89.0 cm³/mol. The molecule has 0 aromatic heterocycles. The Balaban J connectivity index is 3.36.